The summed E-state index contributed by atoms with van der Waals surface area (Å²) in [6.07, 6.45) is 0.857. The summed E-state index contributed by atoms with van der Waals surface area (Å²) < 4.78 is 10.8. The van der Waals surface area contributed by atoms with Crippen LogP contribution in [0.2, 0.25) is 0 Å². The average Bonchev–Trinajstić information content (AvgIpc) is 3.68. The second-order valence-corrected chi connectivity index (χ2v) is 10.1. The Labute approximate surface area is 239 Å². The minimum Gasteiger partial charge on any atom is -0.494 e. The highest BCUT2D eigenvalue weighted by Crippen LogP contribution is 2.32. The Morgan fingerprint density at radius 3 is 2.02 bits per heavy atom. The third-order valence-corrected chi connectivity index (χ3v) is 7.39. The number of hydrogen-bond donors (Lipinski definition) is 0. The molecule has 0 saturated heterocycles. The largest absolute Gasteiger partial charge is 0.494 e. The van der Waals surface area contributed by atoms with Crippen molar-refractivity contribution in [1.82, 2.24) is 25.4 Å². The van der Waals surface area contributed by atoms with E-state index in [0.717, 1.165) is 49.3 Å². The maximum absolute atomic E-state index is 12.7. The Hall–Kier alpha value is -4.93. The van der Waals surface area contributed by atoms with Crippen molar-refractivity contribution < 1.29 is 19.1 Å². The van der Waals surface area contributed by atoms with Gasteiger partial charge in [0.25, 0.3) is 0 Å². The zero-order valence-electron chi connectivity index (χ0n) is 22.1. The molecule has 0 N–H and O–H groups in total. The normalized spacial score (nSPS) is 11.0. The van der Waals surface area contributed by atoms with Gasteiger partial charge in [-0.2, -0.15) is 0 Å². The number of carbonyl (C=O) groups is 1. The fourth-order valence-electron chi connectivity index (χ4n) is 4.19. The highest BCUT2D eigenvalue weighted by molar-refractivity contribution is 7.17. The number of hydrogen-bond acceptors (Lipinski definition) is 9. The quantitative estimate of drug-likeness (QED) is 0.148. The van der Waals surface area contributed by atoms with Gasteiger partial charge in [0.05, 0.1) is 12.2 Å². The molecule has 0 aliphatic heterocycles. The molecule has 0 spiro atoms. The van der Waals surface area contributed by atoms with Crippen molar-refractivity contribution in [3.63, 3.8) is 0 Å². The van der Waals surface area contributed by atoms with Gasteiger partial charge in [-0.25, -0.2) is 4.79 Å². The van der Waals surface area contributed by atoms with Crippen LogP contribution in [0.5, 0.6) is 5.75 Å². The molecule has 0 aliphatic carbocycles. The van der Waals surface area contributed by atoms with Crippen LogP contribution in [0, 0.1) is 0 Å². The van der Waals surface area contributed by atoms with E-state index in [4.69, 9.17) is 14.3 Å². The number of carbonyl (C=O) groups excluding carboxylic acids is 1. The lowest BCUT2D eigenvalue weighted by Gasteiger charge is -2.07. The fraction of sp³-hybridized carbons (Fsp3) is 0.129. The van der Waals surface area contributed by atoms with Crippen LogP contribution in [0.15, 0.2) is 97.1 Å². The Morgan fingerprint density at radius 1 is 0.732 bits per heavy atom. The molecular weight excluding hydrogens is 538 g/mol. The first kappa shape index (κ1) is 26.3. The van der Waals surface area contributed by atoms with Crippen molar-refractivity contribution in [3.8, 4) is 38.0 Å². The lowest BCUT2D eigenvalue weighted by Crippen LogP contribution is -2.20. The van der Waals surface area contributed by atoms with Crippen molar-refractivity contribution in [2.24, 2.45) is 0 Å². The third-order valence-electron chi connectivity index (χ3n) is 6.36. The van der Waals surface area contributed by atoms with E-state index in [2.05, 4.69) is 44.8 Å². The molecule has 4 aromatic carbocycles. The minimum absolute atomic E-state index is 0.388. The van der Waals surface area contributed by atoms with Gasteiger partial charge in [-0.15, -0.1) is 15.3 Å². The monoisotopic (exact) mass is 563 g/mol. The van der Waals surface area contributed by atoms with E-state index >= 15 is 0 Å². The third kappa shape index (κ3) is 5.98. The lowest BCUT2D eigenvalue weighted by molar-refractivity contribution is 0.0409. The van der Waals surface area contributed by atoms with Gasteiger partial charge in [0.15, 0.2) is 0 Å². The molecule has 10 heteroatoms. The molecule has 0 atom stereocenters. The standard InChI is InChI=1S/C31H25N5O4S/c1-38-19-4-20-39-26-17-15-22(16-18-26)21-7-9-23(10-8-21)29-33-34-30(41-29)24-11-13-25(14-12-24)31(37)40-36-28-6-3-2-5-27(28)32-35-36/h2-3,5-18H,4,19-20H2,1H3. The first-order valence-corrected chi connectivity index (χ1v) is 13.8. The second-order valence-electron chi connectivity index (χ2n) is 9.12. The Morgan fingerprint density at radius 2 is 1.34 bits per heavy atom. The van der Waals surface area contributed by atoms with Gasteiger partial charge in [0, 0.05) is 31.3 Å². The summed E-state index contributed by atoms with van der Waals surface area (Å²) in [7, 11) is 1.69. The van der Waals surface area contributed by atoms with E-state index in [1.54, 1.807) is 31.4 Å². The van der Waals surface area contributed by atoms with Gasteiger partial charge in [-0.1, -0.05) is 76.8 Å². The second kappa shape index (κ2) is 12.1. The first-order chi connectivity index (χ1) is 20.2. The molecule has 2 aromatic heterocycles. The average molecular weight is 564 g/mol. The molecule has 6 aromatic rings. The molecule has 2 heterocycles. The van der Waals surface area contributed by atoms with Crippen LogP contribution >= 0.6 is 11.3 Å². The molecule has 0 radical (unpaired) electrons. The molecular formula is C31H25N5O4S. The topological polar surface area (TPSA) is 101 Å². The highest BCUT2D eigenvalue weighted by atomic mass is 32.1. The van der Waals surface area contributed by atoms with Crippen LogP contribution < -0.4 is 9.57 Å². The Balaban J connectivity index is 1.09. The zero-order chi connectivity index (χ0) is 28.0. The number of aromatic nitrogens is 5. The van der Waals surface area contributed by atoms with E-state index < -0.39 is 5.97 Å². The molecule has 0 bridgehead atoms. The zero-order valence-corrected chi connectivity index (χ0v) is 23.0. The van der Waals surface area contributed by atoms with Gasteiger partial charge in [0.2, 0.25) is 0 Å². The van der Waals surface area contributed by atoms with Crippen molar-refractivity contribution in [3.05, 3.63) is 103 Å². The SMILES string of the molecule is COCCCOc1ccc(-c2ccc(-c3nnc(-c4ccc(C(=O)On5nnc6ccccc65)cc4)s3)cc2)cc1. The van der Waals surface area contributed by atoms with Gasteiger partial charge in [-0.05, 0) is 52.7 Å². The van der Waals surface area contributed by atoms with Crippen LogP contribution in [0.1, 0.15) is 16.8 Å². The molecule has 0 saturated carbocycles. The van der Waals surface area contributed by atoms with E-state index in [0.29, 0.717) is 29.8 Å². The van der Waals surface area contributed by atoms with E-state index in [-0.39, 0.29) is 0 Å². The molecule has 9 nitrogen and oxygen atoms in total. The molecule has 0 unspecified atom stereocenters. The van der Waals surface area contributed by atoms with Gasteiger partial charge in [-0.3, -0.25) is 0 Å². The number of benzene rings is 4. The molecule has 0 amide bonds. The Kier molecular flexibility index (Phi) is 7.74. The summed E-state index contributed by atoms with van der Waals surface area (Å²) >= 11 is 1.49. The summed E-state index contributed by atoms with van der Waals surface area (Å²) in [5, 5.41) is 18.2. The van der Waals surface area contributed by atoms with E-state index in [1.807, 2.05) is 48.5 Å². The molecule has 0 fully saturated rings. The van der Waals surface area contributed by atoms with E-state index in [9.17, 15) is 4.79 Å². The van der Waals surface area contributed by atoms with Crippen molar-refractivity contribution in [2.75, 3.05) is 20.3 Å². The molecule has 0 aliphatic rings. The van der Waals surface area contributed by atoms with Crippen LogP contribution in [0.4, 0.5) is 0 Å². The lowest BCUT2D eigenvalue weighted by atomic mass is 10.0. The summed E-state index contributed by atoms with van der Waals surface area (Å²) in [5.41, 5.74) is 5.70. The van der Waals surface area contributed by atoms with Crippen LogP contribution in [0.3, 0.4) is 0 Å². The smallest absolute Gasteiger partial charge is 0.365 e. The summed E-state index contributed by atoms with van der Waals surface area (Å²) in [6.45, 7) is 1.32. The molecule has 41 heavy (non-hydrogen) atoms. The summed E-state index contributed by atoms with van der Waals surface area (Å²) in [6, 6.07) is 30.6. The van der Waals surface area contributed by atoms with Crippen molar-refractivity contribution in [2.45, 2.75) is 6.42 Å². The van der Waals surface area contributed by atoms with Crippen LogP contribution in [-0.4, -0.2) is 51.6 Å². The Bertz CT molecular complexity index is 1760. The fourth-order valence-corrected chi connectivity index (χ4v) is 5.05. The highest BCUT2D eigenvalue weighted by Gasteiger charge is 2.14. The number of nitrogens with zero attached hydrogens (tertiary/aromatic N) is 5. The van der Waals surface area contributed by atoms with Crippen LogP contribution in [0.25, 0.3) is 43.3 Å². The number of fused-ring (bicyclic) bond motifs is 1. The van der Waals surface area contributed by atoms with Crippen LogP contribution in [-0.2, 0) is 4.74 Å². The molecule has 204 valence electrons. The number of ether oxygens (including phenoxy) is 2. The first-order valence-electron chi connectivity index (χ1n) is 13.0. The predicted molar refractivity (Wildman–Crippen MR) is 157 cm³/mol. The summed E-state index contributed by atoms with van der Waals surface area (Å²) in [5.74, 6) is 0.311. The number of rotatable bonds is 10. The number of para-hydroxylation sites is 1. The number of methoxy groups -OCH3 is 1. The summed E-state index contributed by atoms with van der Waals surface area (Å²) in [4.78, 5) is 19.2. The van der Waals surface area contributed by atoms with Crippen molar-refractivity contribution >= 4 is 28.3 Å². The maximum atomic E-state index is 12.7. The maximum Gasteiger partial charge on any atom is 0.365 e. The van der Waals surface area contributed by atoms with Gasteiger partial charge < -0.3 is 14.3 Å². The van der Waals surface area contributed by atoms with Crippen molar-refractivity contribution in [1.29, 1.82) is 0 Å². The van der Waals surface area contributed by atoms with E-state index in [1.165, 1.54) is 11.3 Å². The molecule has 6 rings (SSSR count). The predicted octanol–water partition coefficient (Wildman–Crippen LogP) is 5.97. The minimum atomic E-state index is -0.533. The van der Waals surface area contributed by atoms with Gasteiger partial charge >= 0.3 is 5.97 Å². The van der Waals surface area contributed by atoms with Gasteiger partial charge in [0.1, 0.15) is 26.8 Å².